The lowest BCUT2D eigenvalue weighted by atomic mass is 10.2. The van der Waals surface area contributed by atoms with Crippen molar-refractivity contribution >= 4 is 17.6 Å². The molecule has 0 atom stereocenters. The van der Waals surface area contributed by atoms with E-state index < -0.39 is 0 Å². The summed E-state index contributed by atoms with van der Waals surface area (Å²) in [5.41, 5.74) is 1.82. The van der Waals surface area contributed by atoms with Gasteiger partial charge in [0.1, 0.15) is 5.82 Å². The number of rotatable bonds is 5. The number of pyridine rings is 1. The van der Waals surface area contributed by atoms with Crippen molar-refractivity contribution in [2.75, 3.05) is 37.6 Å². The van der Waals surface area contributed by atoms with E-state index in [9.17, 15) is 9.59 Å². The highest BCUT2D eigenvalue weighted by molar-refractivity contribution is 5.94. The zero-order chi connectivity index (χ0) is 19.2. The predicted molar refractivity (Wildman–Crippen MR) is 106 cm³/mol. The number of piperazine rings is 1. The molecule has 2 heterocycles. The number of hydrogen-bond acceptors (Lipinski definition) is 4. The lowest BCUT2D eigenvalue weighted by Gasteiger charge is -2.34. The Balaban J connectivity index is 1.64. The molecule has 0 aliphatic carbocycles. The zero-order valence-corrected chi connectivity index (χ0v) is 16.0. The van der Waals surface area contributed by atoms with Crippen molar-refractivity contribution in [3.63, 3.8) is 0 Å². The third kappa shape index (κ3) is 4.64. The molecule has 0 spiro atoms. The van der Waals surface area contributed by atoms with E-state index in [-0.39, 0.29) is 11.8 Å². The van der Waals surface area contributed by atoms with Crippen LogP contribution in [0.1, 0.15) is 29.8 Å². The molecule has 0 bridgehead atoms. The summed E-state index contributed by atoms with van der Waals surface area (Å²) < 4.78 is 0. The van der Waals surface area contributed by atoms with Gasteiger partial charge >= 0.3 is 0 Å². The predicted octanol–water partition coefficient (Wildman–Crippen LogP) is 2.41. The summed E-state index contributed by atoms with van der Waals surface area (Å²) in [6, 6.07) is 14.0. The maximum atomic E-state index is 12.7. The second-order valence-electron chi connectivity index (χ2n) is 6.70. The topological polar surface area (TPSA) is 56.8 Å². The molecule has 0 N–H and O–H groups in total. The molecule has 1 aromatic heterocycles. The van der Waals surface area contributed by atoms with Crippen LogP contribution in [0.3, 0.4) is 0 Å². The van der Waals surface area contributed by atoms with Crippen LogP contribution in [0.15, 0.2) is 48.7 Å². The summed E-state index contributed by atoms with van der Waals surface area (Å²) in [5, 5.41) is 0. The maximum absolute atomic E-state index is 12.7. The monoisotopic (exact) mass is 366 g/mol. The summed E-state index contributed by atoms with van der Waals surface area (Å²) in [6.07, 6.45) is 1.66. The van der Waals surface area contributed by atoms with E-state index in [1.54, 1.807) is 22.9 Å². The van der Waals surface area contributed by atoms with Crippen molar-refractivity contribution in [1.82, 2.24) is 14.8 Å². The number of carbonyl (C=O) groups excluding carboxylic acids is 2. The number of carbonyl (C=O) groups is 2. The summed E-state index contributed by atoms with van der Waals surface area (Å²) in [7, 11) is 0. The Hall–Kier alpha value is -2.89. The Morgan fingerprint density at radius 1 is 1.00 bits per heavy atom. The first-order valence-corrected chi connectivity index (χ1v) is 9.38. The van der Waals surface area contributed by atoms with Gasteiger partial charge in [0.05, 0.1) is 5.56 Å². The molecule has 1 aromatic carbocycles. The van der Waals surface area contributed by atoms with Gasteiger partial charge in [-0.15, -0.1) is 0 Å². The Kier molecular flexibility index (Phi) is 6.06. The lowest BCUT2D eigenvalue weighted by Crippen LogP contribution is -2.50. The second-order valence-corrected chi connectivity index (χ2v) is 6.70. The molecule has 2 aromatic rings. The summed E-state index contributed by atoms with van der Waals surface area (Å²) in [5.74, 6) is 0.897. The van der Waals surface area contributed by atoms with E-state index in [1.807, 2.05) is 30.3 Å². The molecule has 27 heavy (non-hydrogen) atoms. The number of amides is 2. The maximum Gasteiger partial charge on any atom is 0.255 e. The molecular weight excluding hydrogens is 340 g/mol. The van der Waals surface area contributed by atoms with E-state index in [0.29, 0.717) is 31.7 Å². The number of nitrogens with zero attached hydrogens (tertiary/aromatic N) is 4. The number of benzene rings is 1. The van der Waals surface area contributed by atoms with Crippen molar-refractivity contribution < 1.29 is 9.59 Å². The fraction of sp³-hybridized carbons (Fsp3) is 0.381. The summed E-state index contributed by atoms with van der Waals surface area (Å²) >= 11 is 0. The van der Waals surface area contributed by atoms with Crippen LogP contribution in [0.2, 0.25) is 0 Å². The van der Waals surface area contributed by atoms with Gasteiger partial charge in [0, 0.05) is 52.4 Å². The molecule has 2 amide bonds. The van der Waals surface area contributed by atoms with E-state index in [1.165, 1.54) is 5.56 Å². The van der Waals surface area contributed by atoms with Crippen LogP contribution < -0.4 is 4.90 Å². The molecule has 142 valence electrons. The van der Waals surface area contributed by atoms with Crippen molar-refractivity contribution in [2.24, 2.45) is 0 Å². The molecule has 1 aliphatic rings. The van der Waals surface area contributed by atoms with Crippen LogP contribution in [0.25, 0.3) is 0 Å². The minimum atomic E-state index is -0.0247. The third-order valence-electron chi connectivity index (χ3n) is 4.93. The number of hydrogen-bond donors (Lipinski definition) is 0. The van der Waals surface area contributed by atoms with Crippen molar-refractivity contribution in [2.45, 2.75) is 20.4 Å². The minimum absolute atomic E-state index is 0.0247. The van der Waals surface area contributed by atoms with Gasteiger partial charge < -0.3 is 14.7 Å². The van der Waals surface area contributed by atoms with Crippen LogP contribution in [-0.2, 0) is 11.3 Å². The molecule has 1 aliphatic heterocycles. The first kappa shape index (κ1) is 18.9. The van der Waals surface area contributed by atoms with Gasteiger partial charge in [-0.3, -0.25) is 9.59 Å². The van der Waals surface area contributed by atoms with E-state index in [0.717, 1.165) is 18.9 Å². The molecule has 0 unspecified atom stereocenters. The fourth-order valence-electron chi connectivity index (χ4n) is 3.27. The molecule has 3 rings (SSSR count). The largest absolute Gasteiger partial charge is 0.353 e. The summed E-state index contributed by atoms with van der Waals surface area (Å²) in [6.45, 7) is 7.59. The minimum Gasteiger partial charge on any atom is -0.353 e. The highest BCUT2D eigenvalue weighted by Crippen LogP contribution is 2.16. The van der Waals surface area contributed by atoms with Gasteiger partial charge in [0.2, 0.25) is 5.91 Å². The van der Waals surface area contributed by atoms with Crippen LogP contribution in [0, 0.1) is 0 Å². The number of aromatic nitrogens is 1. The Morgan fingerprint density at radius 2 is 1.67 bits per heavy atom. The SMILES string of the molecule is CCN(Cc1ccccc1)c1ccc(C(=O)N2CCN(C(C)=O)CC2)cn1. The quantitative estimate of drug-likeness (QED) is 0.815. The average molecular weight is 366 g/mol. The van der Waals surface area contributed by atoms with Crippen molar-refractivity contribution in [3.05, 3.63) is 59.8 Å². The van der Waals surface area contributed by atoms with E-state index >= 15 is 0 Å². The van der Waals surface area contributed by atoms with Gasteiger partial charge in [-0.2, -0.15) is 0 Å². The summed E-state index contributed by atoms with van der Waals surface area (Å²) in [4.78, 5) is 34.4. The van der Waals surface area contributed by atoms with Gasteiger partial charge in [-0.25, -0.2) is 4.98 Å². The van der Waals surface area contributed by atoms with Gasteiger partial charge in [0.25, 0.3) is 5.91 Å². The van der Waals surface area contributed by atoms with E-state index in [2.05, 4.69) is 28.9 Å². The number of anilines is 1. The Morgan fingerprint density at radius 3 is 2.22 bits per heavy atom. The Bertz CT molecular complexity index is 769. The van der Waals surface area contributed by atoms with E-state index in [4.69, 9.17) is 0 Å². The zero-order valence-electron chi connectivity index (χ0n) is 16.0. The molecule has 6 heteroatoms. The molecule has 0 radical (unpaired) electrons. The van der Waals surface area contributed by atoms with Gasteiger partial charge in [-0.1, -0.05) is 30.3 Å². The standard InChI is InChI=1S/C21H26N4O2/c1-3-23(16-18-7-5-4-6-8-18)20-10-9-19(15-22-20)21(27)25-13-11-24(12-14-25)17(2)26/h4-10,15H,3,11-14,16H2,1-2H3. The van der Waals surface area contributed by atoms with Crippen molar-refractivity contribution in [3.8, 4) is 0 Å². The first-order chi connectivity index (χ1) is 13.1. The van der Waals surface area contributed by atoms with Crippen LogP contribution in [-0.4, -0.2) is 59.3 Å². The smallest absolute Gasteiger partial charge is 0.255 e. The fourth-order valence-corrected chi connectivity index (χ4v) is 3.27. The van der Waals surface area contributed by atoms with Crippen molar-refractivity contribution in [1.29, 1.82) is 0 Å². The highest BCUT2D eigenvalue weighted by Gasteiger charge is 2.23. The van der Waals surface area contributed by atoms with Crippen LogP contribution in [0.4, 0.5) is 5.82 Å². The third-order valence-corrected chi connectivity index (χ3v) is 4.93. The molecule has 1 fully saturated rings. The molecule has 1 saturated heterocycles. The first-order valence-electron chi connectivity index (χ1n) is 9.38. The van der Waals surface area contributed by atoms with Crippen LogP contribution in [0.5, 0.6) is 0 Å². The highest BCUT2D eigenvalue weighted by atomic mass is 16.2. The van der Waals surface area contributed by atoms with Gasteiger partial charge in [-0.05, 0) is 24.6 Å². The van der Waals surface area contributed by atoms with Crippen LogP contribution >= 0.6 is 0 Å². The van der Waals surface area contributed by atoms with Gasteiger partial charge in [0.15, 0.2) is 0 Å². The molecule has 0 saturated carbocycles. The lowest BCUT2D eigenvalue weighted by molar-refractivity contribution is -0.130. The Labute approximate surface area is 160 Å². The molecular formula is C21H26N4O2. The normalized spacial score (nSPS) is 14.1. The molecule has 6 nitrogen and oxygen atoms in total. The average Bonchev–Trinajstić information content (AvgIpc) is 2.72. The second kappa shape index (κ2) is 8.66.